The molecule has 0 bridgehead atoms. The van der Waals surface area contributed by atoms with Gasteiger partial charge in [0.2, 0.25) is 0 Å². The fraction of sp³-hybridized carbons (Fsp3) is 0.706. The van der Waals surface area contributed by atoms with Crippen molar-refractivity contribution >= 4 is 0 Å². The average Bonchev–Trinajstić information content (AvgIpc) is 2.47. The molecule has 118 valence electrons. The van der Waals surface area contributed by atoms with Gasteiger partial charge in [0, 0.05) is 30.9 Å². The molecule has 1 fully saturated rings. The van der Waals surface area contributed by atoms with Gasteiger partial charge in [-0.1, -0.05) is 13.3 Å². The van der Waals surface area contributed by atoms with Crippen molar-refractivity contribution in [3.8, 4) is 5.75 Å². The summed E-state index contributed by atoms with van der Waals surface area (Å²) >= 11 is 0. The van der Waals surface area contributed by atoms with Crippen LogP contribution in [0.25, 0.3) is 0 Å². The van der Waals surface area contributed by atoms with Crippen molar-refractivity contribution in [1.29, 1.82) is 0 Å². The molecule has 0 unspecified atom stereocenters. The molecule has 0 aliphatic heterocycles. The van der Waals surface area contributed by atoms with Crippen LogP contribution < -0.4 is 10.1 Å². The molecule has 0 amide bonds. The standard InChI is InChI=1S/C17H28N2O2/c1-4-14-5-7-17(20,8-6-14)12-18-11-15-10-16(21-3)9-13(2)19-15/h9-10,14,18,20H,4-8,11-12H2,1-3H3. The third kappa shape index (κ3) is 4.68. The van der Waals surface area contributed by atoms with E-state index in [2.05, 4.69) is 17.2 Å². The van der Waals surface area contributed by atoms with Crippen molar-refractivity contribution in [2.75, 3.05) is 13.7 Å². The molecule has 4 heteroatoms. The Labute approximate surface area is 127 Å². The Morgan fingerprint density at radius 1 is 1.38 bits per heavy atom. The number of pyridine rings is 1. The van der Waals surface area contributed by atoms with E-state index >= 15 is 0 Å². The van der Waals surface area contributed by atoms with E-state index < -0.39 is 5.60 Å². The molecule has 0 atom stereocenters. The largest absolute Gasteiger partial charge is 0.497 e. The highest BCUT2D eigenvalue weighted by molar-refractivity contribution is 5.26. The van der Waals surface area contributed by atoms with E-state index in [9.17, 15) is 5.11 Å². The minimum absolute atomic E-state index is 0.542. The van der Waals surface area contributed by atoms with Crippen LogP contribution in [0.1, 0.15) is 50.4 Å². The van der Waals surface area contributed by atoms with Crippen molar-refractivity contribution in [2.24, 2.45) is 5.92 Å². The van der Waals surface area contributed by atoms with Crippen molar-refractivity contribution in [2.45, 2.75) is 58.1 Å². The number of aliphatic hydroxyl groups is 1. The summed E-state index contributed by atoms with van der Waals surface area (Å²) in [5.41, 5.74) is 1.37. The van der Waals surface area contributed by atoms with Crippen LogP contribution in [-0.2, 0) is 6.54 Å². The predicted molar refractivity (Wildman–Crippen MR) is 84.4 cm³/mol. The highest BCUT2D eigenvalue weighted by atomic mass is 16.5. The lowest BCUT2D eigenvalue weighted by Gasteiger charge is -2.36. The van der Waals surface area contributed by atoms with Crippen molar-refractivity contribution in [1.82, 2.24) is 10.3 Å². The van der Waals surface area contributed by atoms with Crippen molar-refractivity contribution in [3.63, 3.8) is 0 Å². The molecule has 0 spiro atoms. The summed E-state index contributed by atoms with van der Waals surface area (Å²) in [4.78, 5) is 4.49. The maximum atomic E-state index is 10.6. The smallest absolute Gasteiger partial charge is 0.122 e. The van der Waals surface area contributed by atoms with Gasteiger partial charge in [0.1, 0.15) is 5.75 Å². The number of ether oxygens (including phenoxy) is 1. The number of hydrogen-bond donors (Lipinski definition) is 2. The summed E-state index contributed by atoms with van der Waals surface area (Å²) in [7, 11) is 1.67. The van der Waals surface area contributed by atoms with Crippen LogP contribution in [0.2, 0.25) is 0 Å². The second-order valence-corrected chi connectivity index (χ2v) is 6.32. The molecule has 1 aromatic heterocycles. The third-order valence-electron chi connectivity index (χ3n) is 4.59. The normalized spacial score (nSPS) is 25.8. The Bertz CT molecular complexity index is 454. The highest BCUT2D eigenvalue weighted by Gasteiger charge is 2.32. The molecule has 4 nitrogen and oxygen atoms in total. The van der Waals surface area contributed by atoms with E-state index in [4.69, 9.17) is 4.74 Å². The van der Waals surface area contributed by atoms with Gasteiger partial charge in [-0.2, -0.15) is 0 Å². The molecular formula is C17H28N2O2. The topological polar surface area (TPSA) is 54.4 Å². The van der Waals surface area contributed by atoms with E-state index in [1.807, 2.05) is 19.1 Å². The molecule has 1 saturated carbocycles. The Morgan fingerprint density at radius 3 is 2.71 bits per heavy atom. The van der Waals surface area contributed by atoms with E-state index in [0.29, 0.717) is 13.1 Å². The Kier molecular flexibility index (Phi) is 5.59. The van der Waals surface area contributed by atoms with Gasteiger partial charge in [0.15, 0.2) is 0 Å². The number of methoxy groups -OCH3 is 1. The van der Waals surface area contributed by atoms with Crippen LogP contribution in [0, 0.1) is 12.8 Å². The lowest BCUT2D eigenvalue weighted by Crippen LogP contribution is -2.43. The number of hydrogen-bond acceptors (Lipinski definition) is 4. The van der Waals surface area contributed by atoms with E-state index in [-0.39, 0.29) is 0 Å². The summed E-state index contributed by atoms with van der Waals surface area (Å²) in [6.45, 7) is 5.51. The van der Waals surface area contributed by atoms with Gasteiger partial charge in [-0.25, -0.2) is 0 Å². The maximum Gasteiger partial charge on any atom is 0.122 e. The Balaban J connectivity index is 1.83. The Morgan fingerprint density at radius 2 is 2.10 bits per heavy atom. The quantitative estimate of drug-likeness (QED) is 0.846. The van der Waals surface area contributed by atoms with Crippen LogP contribution in [0.3, 0.4) is 0 Å². The third-order valence-corrected chi connectivity index (χ3v) is 4.59. The molecule has 0 radical (unpaired) electrons. The number of aromatic nitrogens is 1. The van der Waals surface area contributed by atoms with Gasteiger partial charge >= 0.3 is 0 Å². The molecule has 1 aliphatic rings. The van der Waals surface area contributed by atoms with E-state index in [1.54, 1.807) is 7.11 Å². The molecule has 1 heterocycles. The molecule has 0 saturated heterocycles. The summed E-state index contributed by atoms with van der Waals surface area (Å²) in [5, 5.41) is 14.0. The van der Waals surface area contributed by atoms with Gasteiger partial charge in [-0.3, -0.25) is 4.98 Å². The Hall–Kier alpha value is -1.13. The fourth-order valence-electron chi connectivity index (χ4n) is 3.13. The molecule has 2 N–H and O–H groups in total. The van der Waals surface area contributed by atoms with Crippen molar-refractivity contribution < 1.29 is 9.84 Å². The zero-order valence-electron chi connectivity index (χ0n) is 13.5. The summed E-state index contributed by atoms with van der Waals surface area (Å²) in [6, 6.07) is 3.86. The van der Waals surface area contributed by atoms with Gasteiger partial charge in [-0.15, -0.1) is 0 Å². The SMILES string of the molecule is CCC1CCC(O)(CNCc2cc(OC)cc(C)n2)CC1. The van der Waals surface area contributed by atoms with Crippen LogP contribution in [0.15, 0.2) is 12.1 Å². The number of rotatable bonds is 6. The van der Waals surface area contributed by atoms with Gasteiger partial charge in [0.05, 0.1) is 18.4 Å². The summed E-state index contributed by atoms with van der Waals surface area (Å²) < 4.78 is 5.26. The first-order valence-corrected chi connectivity index (χ1v) is 7.99. The molecule has 2 rings (SSSR count). The molecule has 0 aromatic carbocycles. The van der Waals surface area contributed by atoms with Crippen LogP contribution >= 0.6 is 0 Å². The monoisotopic (exact) mass is 292 g/mol. The molecular weight excluding hydrogens is 264 g/mol. The lowest BCUT2D eigenvalue weighted by atomic mass is 9.78. The minimum Gasteiger partial charge on any atom is -0.497 e. The molecule has 1 aliphatic carbocycles. The minimum atomic E-state index is -0.542. The number of nitrogens with one attached hydrogen (secondary N) is 1. The summed E-state index contributed by atoms with van der Waals surface area (Å²) in [5.74, 6) is 1.63. The molecule has 21 heavy (non-hydrogen) atoms. The van der Waals surface area contributed by atoms with Crippen LogP contribution in [0.5, 0.6) is 5.75 Å². The van der Waals surface area contributed by atoms with Gasteiger partial charge in [0.25, 0.3) is 0 Å². The fourth-order valence-corrected chi connectivity index (χ4v) is 3.13. The second-order valence-electron chi connectivity index (χ2n) is 6.32. The van der Waals surface area contributed by atoms with E-state index in [1.165, 1.54) is 6.42 Å². The van der Waals surface area contributed by atoms with Gasteiger partial charge < -0.3 is 15.2 Å². The first-order valence-electron chi connectivity index (χ1n) is 7.99. The highest BCUT2D eigenvalue weighted by Crippen LogP contribution is 2.33. The zero-order valence-corrected chi connectivity index (χ0v) is 13.5. The maximum absolute atomic E-state index is 10.6. The van der Waals surface area contributed by atoms with E-state index in [0.717, 1.165) is 48.7 Å². The number of aryl methyl sites for hydroxylation is 1. The van der Waals surface area contributed by atoms with Gasteiger partial charge in [-0.05, 0) is 38.5 Å². The lowest BCUT2D eigenvalue weighted by molar-refractivity contribution is -0.00886. The number of nitrogens with zero attached hydrogens (tertiary/aromatic N) is 1. The van der Waals surface area contributed by atoms with Crippen LogP contribution in [0.4, 0.5) is 0 Å². The molecule has 1 aromatic rings. The van der Waals surface area contributed by atoms with Crippen molar-refractivity contribution in [3.05, 3.63) is 23.5 Å². The zero-order chi connectivity index (χ0) is 15.3. The average molecular weight is 292 g/mol. The second kappa shape index (κ2) is 7.23. The first kappa shape index (κ1) is 16.2. The first-order chi connectivity index (χ1) is 10.0. The predicted octanol–water partition coefficient (Wildman–Crippen LogP) is 2.82. The summed E-state index contributed by atoms with van der Waals surface area (Å²) in [6.07, 6.45) is 5.33. The van der Waals surface area contributed by atoms with Crippen LogP contribution in [-0.4, -0.2) is 29.3 Å².